The fourth-order valence-corrected chi connectivity index (χ4v) is 8.37. The summed E-state index contributed by atoms with van der Waals surface area (Å²) in [6.07, 6.45) is 2.80. The second kappa shape index (κ2) is 14.8. The molecule has 0 spiro atoms. The van der Waals surface area contributed by atoms with E-state index in [9.17, 15) is 24.3 Å². The summed E-state index contributed by atoms with van der Waals surface area (Å²) in [5, 5.41) is 23.8. The van der Waals surface area contributed by atoms with Crippen LogP contribution in [0, 0.1) is 23.2 Å². The third kappa shape index (κ3) is 7.69. The highest BCUT2D eigenvalue weighted by molar-refractivity contribution is 6.36. The molecule has 56 heavy (non-hydrogen) atoms. The number of alkyl carbamates (subject to hydrolysis) is 1. The molecule has 0 bridgehead atoms. The van der Waals surface area contributed by atoms with Crippen molar-refractivity contribution in [3.8, 4) is 22.9 Å². The number of carboxylic acids is 1. The molecule has 4 fully saturated rings. The molecule has 15 nitrogen and oxygen atoms in total. The van der Waals surface area contributed by atoms with Crippen LogP contribution >= 0.6 is 11.6 Å². The smallest absolute Gasteiger partial charge is 0.408 e. The maximum absolute atomic E-state index is 14.6. The van der Waals surface area contributed by atoms with Gasteiger partial charge >= 0.3 is 12.1 Å². The van der Waals surface area contributed by atoms with Gasteiger partial charge in [-0.25, -0.2) is 14.6 Å². The number of nitrogens with one attached hydrogen (secondary N) is 3. The lowest BCUT2D eigenvalue weighted by Crippen LogP contribution is -2.59. The minimum Gasteiger partial charge on any atom is -0.495 e. The van der Waals surface area contributed by atoms with Crippen LogP contribution in [0.2, 0.25) is 5.02 Å². The number of aromatic nitrogens is 2. The first-order chi connectivity index (χ1) is 26.5. The van der Waals surface area contributed by atoms with E-state index < -0.39 is 58.9 Å². The molecule has 1 saturated heterocycles. The van der Waals surface area contributed by atoms with Gasteiger partial charge in [-0.3, -0.25) is 9.59 Å². The average molecular weight is 793 g/mol. The normalized spacial score (nSPS) is 27.0. The van der Waals surface area contributed by atoms with E-state index in [2.05, 4.69) is 27.7 Å². The van der Waals surface area contributed by atoms with E-state index in [1.165, 1.54) is 18.1 Å². The van der Waals surface area contributed by atoms with E-state index in [1.807, 2.05) is 34.6 Å². The molecule has 0 unspecified atom stereocenters. The van der Waals surface area contributed by atoms with Crippen molar-refractivity contribution in [2.45, 2.75) is 103 Å². The summed E-state index contributed by atoms with van der Waals surface area (Å²) in [7, 11) is 1.49. The van der Waals surface area contributed by atoms with Crippen LogP contribution in [0.4, 0.5) is 10.7 Å². The Morgan fingerprint density at radius 2 is 1.80 bits per heavy atom. The van der Waals surface area contributed by atoms with Gasteiger partial charge in [-0.1, -0.05) is 43.6 Å². The quantitative estimate of drug-likeness (QED) is 0.152. The first kappa shape index (κ1) is 39.2. The molecular formula is C40H49ClN6O9. The molecule has 16 heteroatoms. The van der Waals surface area contributed by atoms with Crippen LogP contribution in [0.25, 0.3) is 22.3 Å². The predicted molar refractivity (Wildman–Crippen MR) is 206 cm³/mol. The van der Waals surface area contributed by atoms with Gasteiger partial charge in [0.15, 0.2) is 0 Å². The van der Waals surface area contributed by atoms with Crippen LogP contribution in [0.3, 0.4) is 0 Å². The summed E-state index contributed by atoms with van der Waals surface area (Å²) in [6, 6.07) is 4.68. The monoisotopic (exact) mass is 792 g/mol. The summed E-state index contributed by atoms with van der Waals surface area (Å²) in [5.41, 5.74) is -1.19. The van der Waals surface area contributed by atoms with Gasteiger partial charge < -0.3 is 44.7 Å². The maximum Gasteiger partial charge on any atom is 0.408 e. The van der Waals surface area contributed by atoms with Gasteiger partial charge in [-0.2, -0.15) is 0 Å². The Balaban J connectivity index is 1.20. The highest BCUT2D eigenvalue weighted by atomic mass is 35.5. The number of nitrogens with zero attached hydrogens (tertiary/aromatic N) is 3. The van der Waals surface area contributed by atoms with Crippen LogP contribution in [0.5, 0.6) is 11.5 Å². The lowest BCUT2D eigenvalue weighted by molar-refractivity contribution is -0.146. The molecule has 1 aliphatic heterocycles. The SMILES string of the molecule is C=C[C@@H]1C[C@]1(NC(=O)[C@@H]1C[C@@H](Oc2cc(-c3cc(NC(C)C)on3)nc3c(Cl)c(OC)ccc23)CN1C(=O)[C@@H](NC(=O)O[C@@H]1C[C@@H]2C[C@@H]2C1)C(C)(C)C)C(=O)O. The number of benzene rings is 1. The first-order valence-corrected chi connectivity index (χ1v) is 19.4. The number of hydrogen-bond donors (Lipinski definition) is 4. The molecule has 3 saturated carbocycles. The van der Waals surface area contributed by atoms with Crippen molar-refractivity contribution < 1.29 is 43.0 Å². The molecule has 8 atom stereocenters. The molecule has 4 aliphatic rings. The Morgan fingerprint density at radius 3 is 2.43 bits per heavy atom. The van der Waals surface area contributed by atoms with Gasteiger partial charge in [0.05, 0.1) is 24.9 Å². The lowest BCUT2D eigenvalue weighted by atomic mass is 9.85. The third-order valence-electron chi connectivity index (χ3n) is 11.3. The summed E-state index contributed by atoms with van der Waals surface area (Å²) < 4.78 is 23.4. The molecule has 1 aromatic carbocycles. The Labute approximate surface area is 329 Å². The van der Waals surface area contributed by atoms with Gasteiger partial charge in [0.1, 0.15) is 52.0 Å². The fourth-order valence-electron chi connectivity index (χ4n) is 8.09. The number of ether oxygens (including phenoxy) is 3. The predicted octanol–water partition coefficient (Wildman–Crippen LogP) is 5.81. The van der Waals surface area contributed by atoms with Crippen molar-refractivity contribution in [3.05, 3.63) is 41.9 Å². The number of aliphatic carboxylic acids is 1. The number of likely N-dealkylation sites (tertiary alicyclic amines) is 1. The maximum atomic E-state index is 14.6. The van der Waals surface area contributed by atoms with E-state index in [-0.39, 0.29) is 36.6 Å². The summed E-state index contributed by atoms with van der Waals surface area (Å²) in [5.74, 6) is -0.493. The van der Waals surface area contributed by atoms with E-state index >= 15 is 0 Å². The first-order valence-electron chi connectivity index (χ1n) is 19.0. The number of methoxy groups -OCH3 is 1. The van der Waals surface area contributed by atoms with Crippen molar-refractivity contribution >= 4 is 52.3 Å². The zero-order valence-electron chi connectivity index (χ0n) is 32.4. The number of fused-ring (bicyclic) bond motifs is 2. The number of hydrogen-bond acceptors (Lipinski definition) is 11. The standard InChI is InChI=1S/C40H49ClN6O9/c1-8-22-17-40(22,37(50)51)45-35(48)28-14-24(18-47(28)36(49)34(39(4,5)6)44-38(52)55-23-12-20-11-21(20)13-23)54-30-15-26(27-16-31(56-46-27)42-19(2)3)43-33-25(30)9-10-29(53-7)32(33)41/h8-10,15-16,19-24,28,34,42H,1,11-14,17-18H2,2-7H3,(H,44,52)(H,45,48)(H,50,51)/t20-,21+,22-,23+,24-,28+,34-,40-/m1/s1. The number of rotatable bonds is 13. The Morgan fingerprint density at radius 1 is 1.07 bits per heavy atom. The molecule has 2 aromatic heterocycles. The van der Waals surface area contributed by atoms with Gasteiger partial charge in [0.25, 0.3) is 0 Å². The Bertz CT molecular complexity index is 2050. The number of amides is 3. The molecular weight excluding hydrogens is 744 g/mol. The molecule has 4 N–H and O–H groups in total. The minimum atomic E-state index is -1.53. The number of carboxylic acid groups (broad SMARTS) is 1. The average Bonchev–Trinajstić information content (AvgIpc) is 3.80. The zero-order chi connectivity index (χ0) is 40.3. The molecule has 3 aliphatic carbocycles. The number of halogens is 1. The third-order valence-corrected chi connectivity index (χ3v) is 11.7. The summed E-state index contributed by atoms with van der Waals surface area (Å²) >= 11 is 6.79. The van der Waals surface area contributed by atoms with Crippen LogP contribution < -0.4 is 25.4 Å². The van der Waals surface area contributed by atoms with Gasteiger partial charge in [-0.15, -0.1) is 6.58 Å². The van der Waals surface area contributed by atoms with Crippen molar-refractivity contribution in [3.63, 3.8) is 0 Å². The second-order valence-corrected chi connectivity index (χ2v) is 17.2. The van der Waals surface area contributed by atoms with Crippen molar-refractivity contribution in [2.24, 2.45) is 23.2 Å². The number of carbonyl (C=O) groups is 4. The molecule has 3 aromatic rings. The number of carbonyl (C=O) groups excluding carboxylic acids is 3. The van der Waals surface area contributed by atoms with Gasteiger partial charge in [-0.05, 0) is 68.9 Å². The van der Waals surface area contributed by atoms with Crippen LogP contribution in [-0.2, 0) is 19.1 Å². The zero-order valence-corrected chi connectivity index (χ0v) is 33.1. The van der Waals surface area contributed by atoms with Crippen LogP contribution in [0.1, 0.15) is 66.7 Å². The van der Waals surface area contributed by atoms with E-state index in [4.69, 9.17) is 35.3 Å². The second-order valence-electron chi connectivity index (χ2n) is 16.9. The van der Waals surface area contributed by atoms with Gasteiger partial charge in [0, 0.05) is 35.9 Å². The van der Waals surface area contributed by atoms with Crippen molar-refractivity contribution in [1.82, 2.24) is 25.7 Å². The summed E-state index contributed by atoms with van der Waals surface area (Å²) in [6.45, 7) is 13.0. The molecule has 7 rings (SSSR count). The van der Waals surface area contributed by atoms with E-state index in [1.54, 1.807) is 24.3 Å². The Hall–Kier alpha value is -5.05. The highest BCUT2D eigenvalue weighted by Crippen LogP contribution is 2.52. The van der Waals surface area contributed by atoms with Crippen LogP contribution in [0.15, 0.2) is 41.4 Å². The van der Waals surface area contributed by atoms with Crippen molar-refractivity contribution in [1.29, 1.82) is 0 Å². The minimum absolute atomic E-state index is 0.00758. The highest BCUT2D eigenvalue weighted by Gasteiger charge is 2.61. The van der Waals surface area contributed by atoms with Crippen molar-refractivity contribution in [2.75, 3.05) is 19.0 Å². The molecule has 0 radical (unpaired) electrons. The van der Waals surface area contributed by atoms with E-state index in [0.717, 1.165) is 19.3 Å². The number of pyridine rings is 1. The largest absolute Gasteiger partial charge is 0.495 e. The van der Waals surface area contributed by atoms with E-state index in [0.29, 0.717) is 51.5 Å². The molecule has 300 valence electrons. The fraction of sp³-hybridized carbons (Fsp3) is 0.550. The Kier molecular flexibility index (Phi) is 10.4. The lowest BCUT2D eigenvalue weighted by Gasteiger charge is -2.35. The van der Waals surface area contributed by atoms with Crippen LogP contribution in [-0.4, -0.2) is 93.6 Å². The molecule has 3 heterocycles. The topological polar surface area (TPSA) is 194 Å². The number of anilines is 1. The molecule has 3 amide bonds. The van der Waals surface area contributed by atoms with Gasteiger partial charge in [0.2, 0.25) is 17.7 Å². The summed E-state index contributed by atoms with van der Waals surface area (Å²) in [4.78, 5) is 60.5.